The second-order valence-electron chi connectivity index (χ2n) is 3.55. The molecule has 18 heavy (non-hydrogen) atoms. The van der Waals surface area contributed by atoms with Gasteiger partial charge in [0.2, 0.25) is 0 Å². The number of carbonyl (C=O) groups is 2. The largest absolute Gasteiger partial charge is 0.465 e. The van der Waals surface area contributed by atoms with Gasteiger partial charge in [0.05, 0.1) is 6.61 Å². The van der Waals surface area contributed by atoms with E-state index in [0.717, 1.165) is 0 Å². The van der Waals surface area contributed by atoms with Crippen LogP contribution in [0.5, 0.6) is 0 Å². The Bertz CT molecular complexity index is 444. The fraction of sp³-hybridized carbons (Fsp3) is 0.750. The number of esters is 2. The monoisotopic (exact) mass is 288 g/mol. The Morgan fingerprint density at radius 2 is 2.06 bits per heavy atom. The van der Waals surface area contributed by atoms with Crippen LogP contribution < -0.4 is 0 Å². The first-order valence-electron chi connectivity index (χ1n) is 4.89. The predicted octanol–water partition coefficient (Wildman–Crippen LogP) is 0.106. The highest BCUT2D eigenvalue weighted by Gasteiger charge is 2.55. The van der Waals surface area contributed by atoms with Crippen LogP contribution in [0.25, 0.3) is 0 Å². The highest BCUT2D eigenvalue weighted by atomic mass is 32.2. The molecule has 1 fully saturated rings. The smallest absolute Gasteiger partial charge is 0.463 e. The minimum Gasteiger partial charge on any atom is -0.463 e. The lowest BCUT2D eigenvalue weighted by Crippen LogP contribution is -2.42. The zero-order valence-electron chi connectivity index (χ0n) is 8.97. The molecule has 0 aromatic carbocycles. The molecular formula is C8H10F2O7S. The molecule has 0 radical (unpaired) electrons. The van der Waals surface area contributed by atoms with Crippen LogP contribution in [-0.4, -0.2) is 42.9 Å². The van der Waals surface area contributed by atoms with Crippen LogP contribution in [0.3, 0.4) is 0 Å². The Morgan fingerprint density at radius 1 is 1.44 bits per heavy atom. The molecule has 1 unspecified atom stereocenters. The van der Waals surface area contributed by atoms with E-state index in [4.69, 9.17) is 4.55 Å². The number of ether oxygens (including phenoxy) is 2. The maximum atomic E-state index is 12.8. The average molecular weight is 288 g/mol. The SMILES string of the molecule is O=C1OCCCCC1OC(=O)C(F)(F)S(=O)(=O)O. The first-order chi connectivity index (χ1) is 8.16. The Labute approximate surface area is 101 Å². The van der Waals surface area contributed by atoms with Crippen LogP contribution in [0.4, 0.5) is 8.78 Å². The molecule has 1 aliphatic heterocycles. The molecule has 7 nitrogen and oxygen atoms in total. The molecule has 1 atom stereocenters. The first kappa shape index (κ1) is 14.8. The Balaban J connectivity index is 2.78. The Hall–Kier alpha value is -1.29. The molecule has 0 aromatic heterocycles. The fourth-order valence-corrected chi connectivity index (χ4v) is 1.48. The van der Waals surface area contributed by atoms with E-state index in [9.17, 15) is 26.8 Å². The Morgan fingerprint density at radius 3 is 2.61 bits per heavy atom. The van der Waals surface area contributed by atoms with E-state index < -0.39 is 33.4 Å². The van der Waals surface area contributed by atoms with E-state index in [-0.39, 0.29) is 13.0 Å². The molecular weight excluding hydrogens is 278 g/mol. The molecule has 1 heterocycles. The van der Waals surface area contributed by atoms with Crippen molar-refractivity contribution in [1.29, 1.82) is 0 Å². The van der Waals surface area contributed by atoms with Crippen molar-refractivity contribution >= 4 is 22.1 Å². The van der Waals surface area contributed by atoms with Gasteiger partial charge in [-0.15, -0.1) is 0 Å². The number of rotatable bonds is 3. The van der Waals surface area contributed by atoms with Crippen LogP contribution in [0.1, 0.15) is 19.3 Å². The predicted molar refractivity (Wildman–Crippen MR) is 51.2 cm³/mol. The zero-order chi connectivity index (χ0) is 14.0. The molecule has 1 aliphatic rings. The molecule has 0 spiro atoms. The summed E-state index contributed by atoms with van der Waals surface area (Å²) in [6.45, 7) is 0.0710. The lowest BCUT2D eigenvalue weighted by Gasteiger charge is -2.16. The number of carbonyl (C=O) groups excluding carboxylic acids is 2. The number of halogens is 2. The molecule has 10 heteroatoms. The zero-order valence-corrected chi connectivity index (χ0v) is 9.78. The summed E-state index contributed by atoms with van der Waals surface area (Å²) < 4.78 is 63.0. The van der Waals surface area contributed by atoms with Gasteiger partial charge >= 0.3 is 27.3 Å². The first-order valence-corrected chi connectivity index (χ1v) is 6.33. The molecule has 0 saturated carbocycles. The molecule has 0 bridgehead atoms. The quantitative estimate of drug-likeness (QED) is 0.580. The summed E-state index contributed by atoms with van der Waals surface area (Å²) in [5.41, 5.74) is 0. The summed E-state index contributed by atoms with van der Waals surface area (Å²) in [7, 11) is -5.94. The molecule has 1 saturated heterocycles. The van der Waals surface area contributed by atoms with E-state index in [0.29, 0.717) is 12.8 Å². The van der Waals surface area contributed by atoms with Crippen molar-refractivity contribution in [3.05, 3.63) is 0 Å². The van der Waals surface area contributed by atoms with Crippen molar-refractivity contribution in [3.63, 3.8) is 0 Å². The van der Waals surface area contributed by atoms with E-state index in [1.807, 2.05) is 0 Å². The normalized spacial score (nSPS) is 21.9. The van der Waals surface area contributed by atoms with Crippen LogP contribution in [-0.2, 0) is 29.2 Å². The van der Waals surface area contributed by atoms with Crippen molar-refractivity contribution in [3.8, 4) is 0 Å². The summed E-state index contributed by atoms with van der Waals surface area (Å²) in [6.07, 6.45) is -0.769. The molecule has 1 N–H and O–H groups in total. The number of hydrogen-bond donors (Lipinski definition) is 1. The van der Waals surface area contributed by atoms with Gasteiger partial charge in [-0.05, 0) is 19.3 Å². The van der Waals surface area contributed by atoms with Gasteiger partial charge in [0, 0.05) is 0 Å². The van der Waals surface area contributed by atoms with Crippen molar-refractivity contribution in [2.45, 2.75) is 30.6 Å². The van der Waals surface area contributed by atoms with Crippen LogP contribution in [0.15, 0.2) is 0 Å². The van der Waals surface area contributed by atoms with E-state index >= 15 is 0 Å². The van der Waals surface area contributed by atoms with Gasteiger partial charge in [0.25, 0.3) is 0 Å². The lowest BCUT2D eigenvalue weighted by atomic mass is 10.2. The number of cyclic esters (lactones) is 1. The molecule has 0 aliphatic carbocycles. The van der Waals surface area contributed by atoms with E-state index in [1.165, 1.54) is 0 Å². The second-order valence-corrected chi connectivity index (χ2v) is 5.01. The third-order valence-corrected chi connectivity index (χ3v) is 2.99. The average Bonchev–Trinajstić information content (AvgIpc) is 2.42. The molecule has 1 rings (SSSR count). The van der Waals surface area contributed by atoms with Crippen molar-refractivity contribution in [2.24, 2.45) is 0 Å². The third kappa shape index (κ3) is 3.13. The highest BCUT2D eigenvalue weighted by molar-refractivity contribution is 7.87. The van der Waals surface area contributed by atoms with Gasteiger partial charge in [-0.3, -0.25) is 4.55 Å². The summed E-state index contributed by atoms with van der Waals surface area (Å²) >= 11 is 0. The van der Waals surface area contributed by atoms with Gasteiger partial charge in [-0.1, -0.05) is 0 Å². The molecule has 0 aromatic rings. The van der Waals surface area contributed by atoms with Crippen molar-refractivity contribution in [2.75, 3.05) is 6.61 Å². The van der Waals surface area contributed by atoms with Crippen molar-refractivity contribution in [1.82, 2.24) is 0 Å². The van der Waals surface area contributed by atoms with Crippen LogP contribution in [0.2, 0.25) is 0 Å². The number of alkyl halides is 2. The Kier molecular flexibility index (Phi) is 4.22. The fourth-order valence-electron chi connectivity index (χ4n) is 1.23. The van der Waals surface area contributed by atoms with Gasteiger partial charge < -0.3 is 9.47 Å². The van der Waals surface area contributed by atoms with Crippen LogP contribution in [0, 0.1) is 0 Å². The summed E-state index contributed by atoms with van der Waals surface area (Å²) in [6, 6.07) is 0. The maximum Gasteiger partial charge on any atom is 0.465 e. The molecule has 104 valence electrons. The summed E-state index contributed by atoms with van der Waals surface area (Å²) in [4.78, 5) is 22.1. The van der Waals surface area contributed by atoms with E-state index in [1.54, 1.807) is 0 Å². The van der Waals surface area contributed by atoms with Gasteiger partial charge in [0.15, 0.2) is 6.10 Å². The number of hydrogen-bond acceptors (Lipinski definition) is 6. The van der Waals surface area contributed by atoms with Crippen molar-refractivity contribution < 1.29 is 40.8 Å². The third-order valence-electron chi connectivity index (χ3n) is 2.18. The summed E-state index contributed by atoms with van der Waals surface area (Å²) in [5, 5.41) is -5.11. The van der Waals surface area contributed by atoms with Crippen LogP contribution >= 0.6 is 0 Å². The highest BCUT2D eigenvalue weighted by Crippen LogP contribution is 2.24. The second kappa shape index (κ2) is 5.14. The standard InChI is InChI=1S/C8H10F2O7S/c9-8(10,18(13,14)15)7(12)17-5-3-1-2-4-16-6(5)11/h5H,1-4H2,(H,13,14,15). The van der Waals surface area contributed by atoms with Gasteiger partial charge in [-0.2, -0.15) is 17.2 Å². The molecule has 0 amide bonds. The maximum absolute atomic E-state index is 12.8. The topological polar surface area (TPSA) is 107 Å². The van der Waals surface area contributed by atoms with Gasteiger partial charge in [0.1, 0.15) is 0 Å². The lowest BCUT2D eigenvalue weighted by molar-refractivity contribution is -0.177. The van der Waals surface area contributed by atoms with Gasteiger partial charge in [-0.25, -0.2) is 9.59 Å². The summed E-state index contributed by atoms with van der Waals surface area (Å²) in [5.74, 6) is -3.53. The minimum absolute atomic E-state index is 0.0495. The van der Waals surface area contributed by atoms with E-state index in [2.05, 4.69) is 9.47 Å². The minimum atomic E-state index is -5.94.